The number of thiocarbonyl (C=S) groups is 1. The van der Waals surface area contributed by atoms with E-state index in [1.807, 2.05) is 24.2 Å². The summed E-state index contributed by atoms with van der Waals surface area (Å²) in [6.07, 6.45) is 0. The summed E-state index contributed by atoms with van der Waals surface area (Å²) >= 11 is 8.14. The fraction of sp³-hybridized carbons (Fsp3) is 0.571. The van der Waals surface area contributed by atoms with Crippen molar-refractivity contribution in [1.29, 1.82) is 0 Å². The highest BCUT2D eigenvalue weighted by Gasteiger charge is 1.96. The molecular formula is C7H12N4S3. The summed E-state index contributed by atoms with van der Waals surface area (Å²) in [6.45, 7) is 0.877. The Labute approximate surface area is 97.0 Å². The molecule has 0 bridgehead atoms. The maximum absolute atomic E-state index is 4.93. The Hall–Kier alpha value is -0.400. The molecule has 0 atom stereocenters. The molecule has 1 aromatic heterocycles. The monoisotopic (exact) mass is 248 g/mol. The average molecular weight is 248 g/mol. The van der Waals surface area contributed by atoms with Crippen molar-refractivity contribution in [2.75, 3.05) is 19.3 Å². The van der Waals surface area contributed by atoms with Crippen molar-refractivity contribution in [3.63, 3.8) is 0 Å². The third-order valence-electron chi connectivity index (χ3n) is 1.41. The van der Waals surface area contributed by atoms with Crippen LogP contribution >= 0.6 is 35.5 Å². The molecule has 0 saturated carbocycles. The molecule has 0 aromatic carbocycles. The quantitative estimate of drug-likeness (QED) is 0.595. The van der Waals surface area contributed by atoms with E-state index < -0.39 is 0 Å². The van der Waals surface area contributed by atoms with Crippen molar-refractivity contribution in [3.05, 3.63) is 11.1 Å². The second-order valence-corrected chi connectivity index (χ2v) is 4.58. The summed E-state index contributed by atoms with van der Waals surface area (Å²) < 4.78 is 3.79. The number of thioether (sulfide) groups is 1. The van der Waals surface area contributed by atoms with Crippen molar-refractivity contribution < 1.29 is 0 Å². The molecule has 14 heavy (non-hydrogen) atoms. The topological polar surface area (TPSA) is 49.8 Å². The highest BCUT2D eigenvalue weighted by molar-refractivity contribution is 7.98. The Balaban J connectivity index is 1.97. The predicted molar refractivity (Wildman–Crippen MR) is 65.7 cm³/mol. The van der Waals surface area contributed by atoms with Gasteiger partial charge in [-0.05, 0) is 23.8 Å². The van der Waals surface area contributed by atoms with Gasteiger partial charge in [0.05, 0.1) is 5.69 Å². The molecule has 0 aliphatic heterocycles. The van der Waals surface area contributed by atoms with Crippen LogP contribution in [0.15, 0.2) is 5.38 Å². The van der Waals surface area contributed by atoms with Crippen LogP contribution in [0.2, 0.25) is 0 Å². The van der Waals surface area contributed by atoms with Crippen LogP contribution in [0.1, 0.15) is 5.69 Å². The molecule has 0 amide bonds. The van der Waals surface area contributed by atoms with Gasteiger partial charge in [-0.25, -0.2) is 0 Å². The smallest absolute Gasteiger partial charge is 0.166 e. The van der Waals surface area contributed by atoms with Crippen LogP contribution in [0.4, 0.5) is 0 Å². The first-order valence-corrected chi connectivity index (χ1v) is 6.52. The molecular weight excluding hydrogens is 236 g/mol. The molecule has 2 N–H and O–H groups in total. The van der Waals surface area contributed by atoms with Gasteiger partial charge in [0.2, 0.25) is 0 Å². The predicted octanol–water partition coefficient (Wildman–Crippen LogP) is 0.865. The molecule has 1 aromatic rings. The minimum Gasteiger partial charge on any atom is -0.366 e. The molecule has 0 fully saturated rings. The highest BCUT2D eigenvalue weighted by atomic mass is 32.2. The average Bonchev–Trinajstić information content (AvgIpc) is 2.69. The number of hydrogen-bond donors (Lipinski definition) is 2. The van der Waals surface area contributed by atoms with E-state index in [1.54, 1.807) is 0 Å². The molecule has 0 aliphatic carbocycles. The summed E-state index contributed by atoms with van der Waals surface area (Å²) in [4.78, 5) is 0. The van der Waals surface area contributed by atoms with E-state index in [1.165, 1.54) is 11.5 Å². The van der Waals surface area contributed by atoms with Gasteiger partial charge in [0.15, 0.2) is 5.11 Å². The van der Waals surface area contributed by atoms with Crippen molar-refractivity contribution in [1.82, 2.24) is 20.2 Å². The van der Waals surface area contributed by atoms with Crippen molar-refractivity contribution in [3.8, 4) is 0 Å². The second kappa shape index (κ2) is 6.97. The van der Waals surface area contributed by atoms with Crippen LogP contribution in [0.5, 0.6) is 0 Å². The lowest BCUT2D eigenvalue weighted by molar-refractivity contribution is 0.942. The summed E-state index contributed by atoms with van der Waals surface area (Å²) in [6, 6.07) is 0. The van der Waals surface area contributed by atoms with Crippen LogP contribution < -0.4 is 10.6 Å². The van der Waals surface area contributed by atoms with Crippen LogP contribution in [-0.4, -0.2) is 34.0 Å². The third-order valence-corrected chi connectivity index (χ3v) is 3.31. The van der Waals surface area contributed by atoms with Gasteiger partial charge in [0, 0.05) is 30.5 Å². The van der Waals surface area contributed by atoms with Crippen LogP contribution in [0.25, 0.3) is 0 Å². The minimum absolute atomic E-state index is 0.695. The van der Waals surface area contributed by atoms with Gasteiger partial charge in [-0.2, -0.15) is 11.8 Å². The molecule has 1 heterocycles. The van der Waals surface area contributed by atoms with Gasteiger partial charge in [-0.15, -0.1) is 5.10 Å². The minimum atomic E-state index is 0.695. The zero-order valence-electron chi connectivity index (χ0n) is 7.82. The summed E-state index contributed by atoms with van der Waals surface area (Å²) in [7, 11) is 1.81. The van der Waals surface area contributed by atoms with E-state index in [9.17, 15) is 0 Å². The van der Waals surface area contributed by atoms with E-state index in [4.69, 9.17) is 12.2 Å². The van der Waals surface area contributed by atoms with E-state index in [-0.39, 0.29) is 0 Å². The van der Waals surface area contributed by atoms with E-state index in [2.05, 4.69) is 20.2 Å². The summed E-state index contributed by atoms with van der Waals surface area (Å²) in [5.74, 6) is 1.93. The van der Waals surface area contributed by atoms with Gasteiger partial charge in [-0.1, -0.05) is 4.49 Å². The third kappa shape index (κ3) is 4.73. The largest absolute Gasteiger partial charge is 0.366 e. The normalized spacial score (nSPS) is 9.79. The van der Waals surface area contributed by atoms with Gasteiger partial charge >= 0.3 is 0 Å². The van der Waals surface area contributed by atoms with E-state index in [0.717, 1.165) is 23.7 Å². The first-order chi connectivity index (χ1) is 6.83. The molecule has 7 heteroatoms. The van der Waals surface area contributed by atoms with E-state index in [0.29, 0.717) is 5.11 Å². The lowest BCUT2D eigenvalue weighted by Crippen LogP contribution is -2.33. The Morgan fingerprint density at radius 1 is 1.71 bits per heavy atom. The Kier molecular flexibility index (Phi) is 5.81. The Bertz CT molecular complexity index is 262. The fourth-order valence-electron chi connectivity index (χ4n) is 0.749. The number of hydrogen-bond acceptors (Lipinski definition) is 5. The SMILES string of the molecule is CNC(=S)NCCSCc1csnn1. The van der Waals surface area contributed by atoms with Crippen molar-refractivity contribution >= 4 is 40.6 Å². The Morgan fingerprint density at radius 3 is 3.21 bits per heavy atom. The number of aromatic nitrogens is 2. The van der Waals surface area contributed by atoms with Crippen molar-refractivity contribution in [2.45, 2.75) is 5.75 Å². The Morgan fingerprint density at radius 2 is 2.57 bits per heavy atom. The zero-order valence-corrected chi connectivity index (χ0v) is 10.3. The molecule has 0 spiro atoms. The molecule has 0 unspecified atom stereocenters. The first kappa shape index (κ1) is 11.7. The molecule has 0 saturated heterocycles. The fourth-order valence-corrected chi connectivity index (χ4v) is 2.15. The summed E-state index contributed by atoms with van der Waals surface area (Å²) in [5, 5.41) is 12.6. The highest BCUT2D eigenvalue weighted by Crippen LogP contribution is 2.09. The standard InChI is InChI=1S/C7H12N4S3/c1-8-7(12)9-2-3-13-4-6-5-14-11-10-6/h5H,2-4H2,1H3,(H2,8,9,12). The lowest BCUT2D eigenvalue weighted by Gasteiger charge is -2.05. The maximum atomic E-state index is 4.93. The molecule has 78 valence electrons. The van der Waals surface area contributed by atoms with Gasteiger partial charge in [0.1, 0.15) is 0 Å². The van der Waals surface area contributed by atoms with Gasteiger partial charge in [0.25, 0.3) is 0 Å². The number of rotatable bonds is 5. The van der Waals surface area contributed by atoms with E-state index >= 15 is 0 Å². The first-order valence-electron chi connectivity index (χ1n) is 4.12. The molecule has 0 aliphatic rings. The van der Waals surface area contributed by atoms with Crippen LogP contribution in [0, 0.1) is 0 Å². The zero-order chi connectivity index (χ0) is 10.2. The maximum Gasteiger partial charge on any atom is 0.166 e. The van der Waals surface area contributed by atoms with Gasteiger partial charge in [-0.3, -0.25) is 0 Å². The number of nitrogens with zero attached hydrogens (tertiary/aromatic N) is 2. The summed E-state index contributed by atoms with van der Waals surface area (Å²) in [5.41, 5.74) is 1.05. The second-order valence-electron chi connectivity index (χ2n) is 2.45. The van der Waals surface area contributed by atoms with Crippen molar-refractivity contribution in [2.24, 2.45) is 0 Å². The lowest BCUT2D eigenvalue weighted by atomic mass is 10.6. The molecule has 0 radical (unpaired) electrons. The molecule has 1 rings (SSSR count). The van der Waals surface area contributed by atoms with Crippen LogP contribution in [0.3, 0.4) is 0 Å². The number of nitrogens with one attached hydrogen (secondary N) is 2. The van der Waals surface area contributed by atoms with Gasteiger partial charge < -0.3 is 10.6 Å². The molecule has 4 nitrogen and oxygen atoms in total. The van der Waals surface area contributed by atoms with Crippen LogP contribution in [-0.2, 0) is 5.75 Å².